The molecule has 0 saturated carbocycles. The first-order valence-corrected chi connectivity index (χ1v) is 6.04. The van der Waals surface area contributed by atoms with Gasteiger partial charge in [0.2, 0.25) is 0 Å². The maximum absolute atomic E-state index is 13.1. The monoisotopic (exact) mass is 254 g/mol. The van der Waals surface area contributed by atoms with Crippen molar-refractivity contribution in [2.24, 2.45) is 0 Å². The third-order valence-electron chi connectivity index (χ3n) is 2.69. The fourth-order valence-corrected chi connectivity index (χ4v) is 1.51. The molecular formula is C13H19FN2O2. The number of ether oxygens (including phenoxy) is 1. The van der Waals surface area contributed by atoms with Crippen LogP contribution in [0.1, 0.15) is 26.7 Å². The van der Waals surface area contributed by atoms with Crippen LogP contribution in [0, 0.1) is 5.82 Å². The average Bonchev–Trinajstić information content (AvgIpc) is 2.37. The number of rotatable bonds is 6. The molecule has 1 rings (SSSR count). The van der Waals surface area contributed by atoms with Crippen molar-refractivity contribution in [3.05, 3.63) is 24.0 Å². The van der Waals surface area contributed by atoms with Crippen LogP contribution in [-0.2, 0) is 4.79 Å². The topological polar surface area (TPSA) is 64.3 Å². The van der Waals surface area contributed by atoms with Crippen molar-refractivity contribution < 1.29 is 13.9 Å². The summed E-state index contributed by atoms with van der Waals surface area (Å²) in [6, 6.07) is 4.26. The smallest absolute Gasteiger partial charge is 0.258 e. The maximum atomic E-state index is 13.1. The largest absolute Gasteiger partial charge is 0.484 e. The molecule has 1 aromatic rings. The number of hydrogen-bond acceptors (Lipinski definition) is 3. The summed E-state index contributed by atoms with van der Waals surface area (Å²) >= 11 is 0. The molecule has 0 aliphatic heterocycles. The normalized spacial score (nSPS) is 10.4. The molecule has 1 amide bonds. The van der Waals surface area contributed by atoms with Gasteiger partial charge in [-0.2, -0.15) is 0 Å². The van der Waals surface area contributed by atoms with E-state index in [2.05, 4.69) is 5.32 Å². The van der Waals surface area contributed by atoms with Crippen LogP contribution in [0.4, 0.5) is 10.1 Å². The van der Waals surface area contributed by atoms with Gasteiger partial charge in [0.05, 0.1) is 5.69 Å². The minimum atomic E-state index is -0.548. The van der Waals surface area contributed by atoms with Crippen LogP contribution >= 0.6 is 0 Å². The zero-order chi connectivity index (χ0) is 13.5. The number of anilines is 1. The Labute approximate surface area is 106 Å². The van der Waals surface area contributed by atoms with Gasteiger partial charge in [0.15, 0.2) is 6.61 Å². The Morgan fingerprint density at radius 3 is 2.67 bits per heavy atom. The fourth-order valence-electron chi connectivity index (χ4n) is 1.51. The lowest BCUT2D eigenvalue weighted by molar-refractivity contribution is -0.123. The van der Waals surface area contributed by atoms with Gasteiger partial charge in [-0.1, -0.05) is 13.8 Å². The number of halogens is 1. The lowest BCUT2D eigenvalue weighted by atomic mass is 10.2. The molecule has 0 aliphatic carbocycles. The highest BCUT2D eigenvalue weighted by molar-refractivity contribution is 5.77. The van der Waals surface area contributed by atoms with Crippen LogP contribution in [0.5, 0.6) is 5.75 Å². The molecule has 0 unspecified atom stereocenters. The number of benzene rings is 1. The first-order valence-electron chi connectivity index (χ1n) is 6.04. The second kappa shape index (κ2) is 6.83. The third kappa shape index (κ3) is 4.24. The first kappa shape index (κ1) is 14.3. The summed E-state index contributed by atoms with van der Waals surface area (Å²) in [7, 11) is 0. The summed E-state index contributed by atoms with van der Waals surface area (Å²) in [5.74, 6) is -0.463. The first-order chi connectivity index (χ1) is 8.56. The number of nitrogens with one attached hydrogen (secondary N) is 1. The van der Waals surface area contributed by atoms with Gasteiger partial charge in [0.25, 0.3) is 5.91 Å². The predicted molar refractivity (Wildman–Crippen MR) is 68.8 cm³/mol. The van der Waals surface area contributed by atoms with Gasteiger partial charge < -0.3 is 15.8 Å². The van der Waals surface area contributed by atoms with Gasteiger partial charge in [0.1, 0.15) is 11.6 Å². The number of nitrogen functional groups attached to an aromatic ring is 1. The molecule has 0 saturated heterocycles. The van der Waals surface area contributed by atoms with Crippen LogP contribution in [0.15, 0.2) is 18.2 Å². The Bertz CT molecular complexity index is 406. The SMILES string of the molecule is CCC(CC)NC(=O)COc1ccc(N)c(F)c1. The van der Waals surface area contributed by atoms with E-state index < -0.39 is 5.82 Å². The number of carbonyl (C=O) groups is 1. The zero-order valence-electron chi connectivity index (χ0n) is 10.7. The highest BCUT2D eigenvalue weighted by Gasteiger charge is 2.09. The standard InChI is InChI=1S/C13H19FN2O2/c1-3-9(4-2)16-13(17)8-18-10-5-6-12(15)11(14)7-10/h5-7,9H,3-4,8,15H2,1-2H3,(H,16,17). The van der Waals surface area contributed by atoms with Crippen LogP contribution in [-0.4, -0.2) is 18.6 Å². The Morgan fingerprint density at radius 1 is 1.44 bits per heavy atom. The van der Waals surface area contributed by atoms with E-state index in [0.717, 1.165) is 12.8 Å². The molecule has 0 aliphatic rings. The minimum absolute atomic E-state index is 0.0591. The molecule has 0 bridgehead atoms. The van der Waals surface area contributed by atoms with E-state index >= 15 is 0 Å². The predicted octanol–water partition coefficient (Wildman–Crippen LogP) is 2.09. The van der Waals surface area contributed by atoms with Crippen LogP contribution in [0.3, 0.4) is 0 Å². The fraction of sp³-hybridized carbons (Fsp3) is 0.462. The quantitative estimate of drug-likeness (QED) is 0.764. The summed E-state index contributed by atoms with van der Waals surface area (Å²) < 4.78 is 18.3. The molecule has 0 fully saturated rings. The number of nitrogens with two attached hydrogens (primary N) is 1. The molecule has 18 heavy (non-hydrogen) atoms. The van der Waals surface area contributed by atoms with Crippen molar-refractivity contribution in [3.63, 3.8) is 0 Å². The summed E-state index contributed by atoms with van der Waals surface area (Å²) in [6.45, 7) is 3.88. The molecule has 100 valence electrons. The molecule has 0 radical (unpaired) electrons. The van der Waals surface area contributed by atoms with Gasteiger partial charge in [-0.25, -0.2) is 4.39 Å². The van der Waals surface area contributed by atoms with Crippen LogP contribution < -0.4 is 15.8 Å². The third-order valence-corrected chi connectivity index (χ3v) is 2.69. The molecule has 4 nitrogen and oxygen atoms in total. The molecule has 0 heterocycles. The number of hydrogen-bond donors (Lipinski definition) is 2. The van der Waals surface area contributed by atoms with Gasteiger partial charge in [0, 0.05) is 12.1 Å². The summed E-state index contributed by atoms with van der Waals surface area (Å²) in [5.41, 5.74) is 5.40. The van der Waals surface area contributed by atoms with E-state index in [9.17, 15) is 9.18 Å². The van der Waals surface area contributed by atoms with Crippen molar-refractivity contribution in [3.8, 4) is 5.75 Å². The van der Waals surface area contributed by atoms with Crippen molar-refractivity contribution in [2.75, 3.05) is 12.3 Å². The summed E-state index contributed by atoms with van der Waals surface area (Å²) in [4.78, 5) is 11.5. The Hall–Kier alpha value is -1.78. The van der Waals surface area contributed by atoms with Gasteiger partial charge in [-0.15, -0.1) is 0 Å². The molecule has 0 spiro atoms. The van der Waals surface area contributed by atoms with Crippen molar-refractivity contribution >= 4 is 11.6 Å². The second-order valence-corrected chi connectivity index (χ2v) is 4.05. The Morgan fingerprint density at radius 2 is 2.11 bits per heavy atom. The van der Waals surface area contributed by atoms with Gasteiger partial charge in [-0.3, -0.25) is 4.79 Å². The van der Waals surface area contributed by atoms with Gasteiger partial charge in [-0.05, 0) is 25.0 Å². The van der Waals surface area contributed by atoms with Crippen molar-refractivity contribution in [1.82, 2.24) is 5.32 Å². The van der Waals surface area contributed by atoms with Crippen LogP contribution in [0.25, 0.3) is 0 Å². The van der Waals surface area contributed by atoms with E-state index in [1.807, 2.05) is 13.8 Å². The average molecular weight is 254 g/mol. The molecule has 5 heteroatoms. The van der Waals surface area contributed by atoms with E-state index in [4.69, 9.17) is 10.5 Å². The number of carbonyl (C=O) groups excluding carboxylic acids is 1. The van der Waals surface area contributed by atoms with E-state index in [-0.39, 0.29) is 24.2 Å². The highest BCUT2D eigenvalue weighted by Crippen LogP contribution is 2.17. The molecular weight excluding hydrogens is 235 g/mol. The lowest BCUT2D eigenvalue weighted by Gasteiger charge is -2.15. The molecule has 0 atom stereocenters. The highest BCUT2D eigenvalue weighted by atomic mass is 19.1. The molecule has 3 N–H and O–H groups in total. The summed E-state index contributed by atoms with van der Waals surface area (Å²) in [6.07, 6.45) is 1.75. The van der Waals surface area contributed by atoms with E-state index in [0.29, 0.717) is 5.75 Å². The van der Waals surface area contributed by atoms with E-state index in [1.165, 1.54) is 18.2 Å². The van der Waals surface area contributed by atoms with E-state index in [1.54, 1.807) is 0 Å². The summed E-state index contributed by atoms with van der Waals surface area (Å²) in [5, 5.41) is 2.83. The number of amides is 1. The zero-order valence-corrected chi connectivity index (χ0v) is 10.7. The molecule has 0 aromatic heterocycles. The minimum Gasteiger partial charge on any atom is -0.484 e. The van der Waals surface area contributed by atoms with Crippen LogP contribution in [0.2, 0.25) is 0 Å². The lowest BCUT2D eigenvalue weighted by Crippen LogP contribution is -2.37. The molecule has 1 aromatic carbocycles. The Kier molecular flexibility index (Phi) is 5.42. The van der Waals surface area contributed by atoms with Gasteiger partial charge >= 0.3 is 0 Å². The van der Waals surface area contributed by atoms with Crippen molar-refractivity contribution in [1.29, 1.82) is 0 Å². The Balaban J connectivity index is 2.44. The van der Waals surface area contributed by atoms with Crippen molar-refractivity contribution in [2.45, 2.75) is 32.7 Å². The second-order valence-electron chi connectivity index (χ2n) is 4.05. The maximum Gasteiger partial charge on any atom is 0.258 e.